The molecule has 0 bridgehead atoms. The monoisotopic (exact) mass is 437 g/mol. The molecule has 0 N–H and O–H groups in total. The molecule has 0 saturated heterocycles. The third-order valence-corrected chi connectivity index (χ3v) is 6.56. The summed E-state index contributed by atoms with van der Waals surface area (Å²) >= 11 is 6.17. The molecule has 1 aliphatic heterocycles. The van der Waals surface area contributed by atoms with Crippen molar-refractivity contribution in [2.45, 2.75) is 18.4 Å². The predicted octanol–water partition coefficient (Wildman–Crippen LogP) is 5.45. The van der Waals surface area contributed by atoms with Gasteiger partial charge in [-0.05, 0) is 64.2 Å². The van der Waals surface area contributed by atoms with Crippen LogP contribution in [0, 0.1) is 0 Å². The van der Waals surface area contributed by atoms with Gasteiger partial charge in [0.2, 0.25) is 5.91 Å². The highest BCUT2D eigenvalue weighted by Crippen LogP contribution is 2.33. The van der Waals surface area contributed by atoms with Crippen molar-refractivity contribution in [3.63, 3.8) is 0 Å². The van der Waals surface area contributed by atoms with E-state index in [2.05, 4.69) is 6.07 Å². The Kier molecular flexibility index (Phi) is 5.26. The van der Waals surface area contributed by atoms with E-state index in [1.54, 1.807) is 30.0 Å². The van der Waals surface area contributed by atoms with Crippen LogP contribution in [0.5, 0.6) is 0 Å². The largest absolute Gasteiger partial charge is 0.308 e. The molecule has 0 atom stereocenters. The van der Waals surface area contributed by atoms with Crippen LogP contribution in [-0.4, -0.2) is 20.6 Å². The summed E-state index contributed by atoms with van der Waals surface area (Å²) in [5.41, 5.74) is 5.63. The molecule has 1 amide bonds. The molecular weight excluding hydrogens is 418 g/mol. The molecule has 6 heteroatoms. The first-order valence-electron chi connectivity index (χ1n) is 9.41. The number of fused-ring (bicyclic) bond motifs is 2. The quantitative estimate of drug-likeness (QED) is 0.535. The van der Waals surface area contributed by atoms with Crippen molar-refractivity contribution in [1.82, 2.24) is 0 Å². The fourth-order valence-electron chi connectivity index (χ4n) is 3.59. The van der Waals surface area contributed by atoms with E-state index in [0.29, 0.717) is 16.5 Å². The lowest BCUT2D eigenvalue weighted by atomic mass is 9.96. The van der Waals surface area contributed by atoms with E-state index in [1.807, 2.05) is 48.6 Å². The van der Waals surface area contributed by atoms with Crippen molar-refractivity contribution in [1.29, 1.82) is 0 Å². The Labute approximate surface area is 181 Å². The molecular formula is C24H20ClNO3S. The molecule has 0 saturated carbocycles. The van der Waals surface area contributed by atoms with Gasteiger partial charge in [0.05, 0.1) is 17.1 Å². The summed E-state index contributed by atoms with van der Waals surface area (Å²) in [4.78, 5) is 14.4. The lowest BCUT2D eigenvalue weighted by molar-refractivity contribution is -0.116. The first-order chi connectivity index (χ1) is 14.2. The van der Waals surface area contributed by atoms with Gasteiger partial charge in [0.15, 0.2) is 9.84 Å². The summed E-state index contributed by atoms with van der Waals surface area (Å²) in [6.07, 6.45) is 5.19. The number of hydrogen-bond donors (Lipinski definition) is 0. The number of nitrogens with zero attached hydrogens (tertiary/aromatic N) is 1. The van der Waals surface area contributed by atoms with Crippen molar-refractivity contribution < 1.29 is 13.2 Å². The van der Waals surface area contributed by atoms with Gasteiger partial charge in [-0.1, -0.05) is 48.0 Å². The first kappa shape index (κ1) is 20.4. The van der Waals surface area contributed by atoms with Gasteiger partial charge in [0.1, 0.15) is 0 Å². The Balaban J connectivity index is 1.78. The van der Waals surface area contributed by atoms with Gasteiger partial charge < -0.3 is 4.90 Å². The number of halogens is 1. The third-order valence-electron chi connectivity index (χ3n) is 5.19. The standard InChI is InChI=1S/C24H20ClNO3S/c1-16(27)26-15-21-6-4-18(17-7-10-23(11-8-17)30(2,28)29)13-19(21)3-5-20-14-22(25)9-12-24(20)26/h3-14H,15H2,1-2H3. The van der Waals surface area contributed by atoms with Crippen LogP contribution in [0.15, 0.2) is 65.6 Å². The number of amides is 1. The molecule has 3 aromatic carbocycles. The highest BCUT2D eigenvalue weighted by atomic mass is 35.5. The van der Waals surface area contributed by atoms with Gasteiger partial charge in [0.25, 0.3) is 0 Å². The minimum atomic E-state index is -3.23. The smallest absolute Gasteiger partial charge is 0.224 e. The van der Waals surface area contributed by atoms with E-state index in [9.17, 15) is 13.2 Å². The zero-order valence-corrected chi connectivity index (χ0v) is 18.2. The number of sulfone groups is 1. The molecule has 30 heavy (non-hydrogen) atoms. The molecule has 0 radical (unpaired) electrons. The molecule has 0 spiro atoms. The maximum Gasteiger partial charge on any atom is 0.224 e. The number of carbonyl (C=O) groups excluding carboxylic acids is 1. The predicted molar refractivity (Wildman–Crippen MR) is 122 cm³/mol. The number of anilines is 1. The van der Waals surface area contributed by atoms with E-state index in [0.717, 1.165) is 33.5 Å². The second-order valence-electron chi connectivity index (χ2n) is 7.35. The summed E-state index contributed by atoms with van der Waals surface area (Å²) in [5, 5.41) is 0.613. The van der Waals surface area contributed by atoms with Crippen LogP contribution in [0.2, 0.25) is 5.02 Å². The Bertz CT molecular complexity index is 1280. The van der Waals surface area contributed by atoms with E-state index in [-0.39, 0.29) is 5.91 Å². The third kappa shape index (κ3) is 4.04. The molecule has 4 nitrogen and oxygen atoms in total. The number of hydrogen-bond acceptors (Lipinski definition) is 3. The summed E-state index contributed by atoms with van der Waals surface area (Å²) < 4.78 is 23.4. The van der Waals surface area contributed by atoms with Crippen molar-refractivity contribution in [2.75, 3.05) is 11.2 Å². The second-order valence-corrected chi connectivity index (χ2v) is 9.80. The minimum absolute atomic E-state index is 0.0414. The van der Waals surface area contributed by atoms with Crippen molar-refractivity contribution in [3.8, 4) is 11.1 Å². The highest BCUT2D eigenvalue weighted by molar-refractivity contribution is 7.90. The maximum atomic E-state index is 12.3. The summed E-state index contributed by atoms with van der Waals surface area (Å²) in [6, 6.07) is 18.4. The molecule has 0 aliphatic carbocycles. The molecule has 1 heterocycles. The molecule has 1 aliphatic rings. The van der Waals surface area contributed by atoms with Crippen molar-refractivity contribution in [2.24, 2.45) is 0 Å². The van der Waals surface area contributed by atoms with Crippen LogP contribution in [-0.2, 0) is 21.2 Å². The summed E-state index contributed by atoms with van der Waals surface area (Å²) in [6.45, 7) is 2.01. The molecule has 0 aromatic heterocycles. The lowest BCUT2D eigenvalue weighted by Crippen LogP contribution is -2.29. The van der Waals surface area contributed by atoms with Crippen LogP contribution in [0.1, 0.15) is 23.6 Å². The topological polar surface area (TPSA) is 54.5 Å². The fourth-order valence-corrected chi connectivity index (χ4v) is 4.40. The van der Waals surface area contributed by atoms with E-state index in [1.165, 1.54) is 6.26 Å². The molecule has 0 fully saturated rings. The van der Waals surface area contributed by atoms with E-state index < -0.39 is 9.84 Å². The van der Waals surface area contributed by atoms with Crippen LogP contribution < -0.4 is 4.90 Å². The SMILES string of the molecule is CC(=O)N1Cc2ccc(-c3ccc(S(C)(=O)=O)cc3)cc2C=Cc2cc(Cl)ccc21. The first-order valence-corrected chi connectivity index (χ1v) is 11.7. The normalized spacial score (nSPS) is 13.2. The van der Waals surface area contributed by atoms with Gasteiger partial charge in [-0.15, -0.1) is 0 Å². The zero-order valence-electron chi connectivity index (χ0n) is 16.6. The highest BCUT2D eigenvalue weighted by Gasteiger charge is 2.19. The molecule has 4 rings (SSSR count). The second kappa shape index (κ2) is 7.74. The van der Waals surface area contributed by atoms with E-state index >= 15 is 0 Å². The number of benzene rings is 3. The number of carbonyl (C=O) groups is 1. The summed E-state index contributed by atoms with van der Waals surface area (Å²) in [5.74, 6) is -0.0414. The van der Waals surface area contributed by atoms with Gasteiger partial charge in [-0.2, -0.15) is 0 Å². The van der Waals surface area contributed by atoms with Gasteiger partial charge in [0, 0.05) is 18.2 Å². The zero-order chi connectivity index (χ0) is 21.5. The average molecular weight is 438 g/mol. The van der Waals surface area contributed by atoms with Crippen molar-refractivity contribution in [3.05, 3.63) is 82.4 Å². The van der Waals surface area contributed by atoms with Crippen LogP contribution >= 0.6 is 11.6 Å². The van der Waals surface area contributed by atoms with Gasteiger partial charge in [-0.3, -0.25) is 4.79 Å². The van der Waals surface area contributed by atoms with Crippen LogP contribution in [0.3, 0.4) is 0 Å². The maximum absolute atomic E-state index is 12.3. The number of rotatable bonds is 2. The Morgan fingerprint density at radius 1 is 0.900 bits per heavy atom. The van der Waals surface area contributed by atoms with Gasteiger partial charge in [-0.25, -0.2) is 8.42 Å². The lowest BCUT2D eigenvalue weighted by Gasteiger charge is -2.26. The summed E-state index contributed by atoms with van der Waals surface area (Å²) in [7, 11) is -3.23. The molecule has 3 aromatic rings. The Hall–Kier alpha value is -2.89. The van der Waals surface area contributed by atoms with Crippen molar-refractivity contribution >= 4 is 45.2 Å². The fraction of sp³-hybridized carbons (Fsp3) is 0.125. The van der Waals surface area contributed by atoms with Crippen LogP contribution in [0.25, 0.3) is 23.3 Å². The Morgan fingerprint density at radius 2 is 1.57 bits per heavy atom. The van der Waals surface area contributed by atoms with E-state index in [4.69, 9.17) is 11.6 Å². The minimum Gasteiger partial charge on any atom is -0.308 e. The molecule has 0 unspecified atom stereocenters. The average Bonchev–Trinajstić information content (AvgIpc) is 2.69. The van der Waals surface area contributed by atoms with Gasteiger partial charge >= 0.3 is 0 Å². The van der Waals surface area contributed by atoms with Crippen LogP contribution in [0.4, 0.5) is 5.69 Å². The Morgan fingerprint density at radius 3 is 2.23 bits per heavy atom. The molecule has 152 valence electrons.